The Kier molecular flexibility index (Phi) is 8.08. The van der Waals surface area contributed by atoms with Crippen LogP contribution in [0.15, 0.2) is 5.10 Å². The molecule has 0 aromatic heterocycles. The maximum Gasteiger partial charge on any atom is 0.293 e. The van der Waals surface area contributed by atoms with E-state index in [9.17, 15) is 4.79 Å². The second kappa shape index (κ2) is 7.05. The summed E-state index contributed by atoms with van der Waals surface area (Å²) in [6.07, 6.45) is 1.53. The molecule has 0 spiro atoms. The Labute approximate surface area is 67.4 Å². The molecule has 66 valence electrons. The summed E-state index contributed by atoms with van der Waals surface area (Å²) in [6.45, 7) is 7.68. The molecule has 0 amide bonds. The topological polar surface area (TPSA) is 64.7 Å². The number of rotatable bonds is 1. The molecule has 0 aliphatic rings. The summed E-state index contributed by atoms with van der Waals surface area (Å²) in [6, 6.07) is 0. The van der Waals surface area contributed by atoms with E-state index < -0.39 is 0 Å². The number of carbonyl (C=O) groups excluding carboxylic acids is 1. The van der Waals surface area contributed by atoms with Crippen molar-refractivity contribution in [1.82, 2.24) is 0 Å². The highest BCUT2D eigenvalue weighted by atomic mass is 16.5. The van der Waals surface area contributed by atoms with Gasteiger partial charge in [0.25, 0.3) is 6.47 Å². The first-order valence-electron chi connectivity index (χ1n) is 3.27. The van der Waals surface area contributed by atoms with Crippen LogP contribution in [0.3, 0.4) is 0 Å². The molecule has 0 aliphatic carbocycles. The van der Waals surface area contributed by atoms with Gasteiger partial charge in [-0.3, -0.25) is 4.79 Å². The van der Waals surface area contributed by atoms with E-state index in [2.05, 4.69) is 15.7 Å². The maximum absolute atomic E-state index is 9.60. The fourth-order valence-electron chi connectivity index (χ4n) is 0.144. The zero-order chi connectivity index (χ0) is 9.33. The van der Waals surface area contributed by atoms with Gasteiger partial charge in [-0.25, -0.2) is 0 Å². The Balaban J connectivity index is 0. The van der Waals surface area contributed by atoms with Crippen molar-refractivity contribution < 1.29 is 9.53 Å². The average molecular weight is 160 g/mol. The molecule has 2 N–H and O–H groups in total. The van der Waals surface area contributed by atoms with Crippen molar-refractivity contribution in [3.05, 3.63) is 0 Å². The van der Waals surface area contributed by atoms with E-state index >= 15 is 0 Å². The number of nitrogens with two attached hydrogens (primary N) is 1. The summed E-state index contributed by atoms with van der Waals surface area (Å²) < 4.78 is 4.55. The summed E-state index contributed by atoms with van der Waals surface area (Å²) in [5, 5.41) is 3.11. The van der Waals surface area contributed by atoms with Crippen molar-refractivity contribution >= 4 is 12.7 Å². The Hall–Kier alpha value is -1.06. The van der Waals surface area contributed by atoms with Gasteiger partial charge < -0.3 is 10.6 Å². The lowest BCUT2D eigenvalue weighted by Crippen LogP contribution is -2.17. The normalized spacial score (nSPS) is 10.2. The van der Waals surface area contributed by atoms with Gasteiger partial charge in [0, 0.05) is 6.21 Å². The van der Waals surface area contributed by atoms with Crippen LogP contribution in [-0.4, -0.2) is 18.3 Å². The van der Waals surface area contributed by atoms with E-state index in [-0.39, 0.29) is 5.60 Å². The molecule has 0 saturated carbocycles. The average Bonchev–Trinajstić information content (AvgIpc) is 1.86. The first kappa shape index (κ1) is 12.6. The van der Waals surface area contributed by atoms with Crippen LogP contribution in [0.25, 0.3) is 0 Å². The molecule has 0 radical (unpaired) electrons. The number of hydrogen-bond donors (Lipinski definition) is 1. The smallest absolute Gasteiger partial charge is 0.293 e. The van der Waals surface area contributed by atoms with Crippen molar-refractivity contribution in [3.8, 4) is 0 Å². The maximum atomic E-state index is 9.60. The monoisotopic (exact) mass is 160 g/mol. The lowest BCUT2D eigenvalue weighted by Gasteiger charge is -2.14. The molecule has 4 nitrogen and oxygen atoms in total. The van der Waals surface area contributed by atoms with E-state index in [1.54, 1.807) is 6.92 Å². The van der Waals surface area contributed by atoms with Crippen LogP contribution in [0.5, 0.6) is 0 Å². The Morgan fingerprint density at radius 3 is 1.82 bits per heavy atom. The number of hydrogen-bond acceptors (Lipinski definition) is 4. The number of ether oxygens (including phenoxy) is 1. The van der Waals surface area contributed by atoms with Crippen molar-refractivity contribution in [2.75, 3.05) is 0 Å². The van der Waals surface area contributed by atoms with Crippen molar-refractivity contribution in [1.29, 1.82) is 0 Å². The van der Waals surface area contributed by atoms with Crippen molar-refractivity contribution in [2.24, 2.45) is 10.9 Å². The van der Waals surface area contributed by atoms with Crippen molar-refractivity contribution in [3.63, 3.8) is 0 Å². The zero-order valence-electron chi connectivity index (χ0n) is 7.50. The highest BCUT2D eigenvalue weighted by molar-refractivity contribution is 5.52. The molecule has 0 rings (SSSR count). The van der Waals surface area contributed by atoms with Gasteiger partial charge in [0.15, 0.2) is 0 Å². The molecule has 0 aliphatic heterocycles. The summed E-state index contributed by atoms with van der Waals surface area (Å²) in [5.41, 5.74) is -0.318. The Morgan fingerprint density at radius 2 is 1.82 bits per heavy atom. The predicted molar refractivity (Wildman–Crippen MR) is 45.3 cm³/mol. The molecule has 0 saturated heterocycles. The minimum atomic E-state index is -0.318. The highest BCUT2D eigenvalue weighted by Crippen LogP contribution is 2.02. The third-order valence-corrected chi connectivity index (χ3v) is 0.551. The minimum Gasteiger partial charge on any atom is -0.462 e. The van der Waals surface area contributed by atoms with Gasteiger partial charge in [0.05, 0.1) is 0 Å². The number of carbonyl (C=O) groups is 1. The summed E-state index contributed by atoms with van der Waals surface area (Å²) in [5.74, 6) is 4.60. The molecular weight excluding hydrogens is 144 g/mol. The molecule has 0 fully saturated rings. The van der Waals surface area contributed by atoms with Gasteiger partial charge in [-0.2, -0.15) is 5.10 Å². The predicted octanol–water partition coefficient (Wildman–Crippen LogP) is 0.909. The van der Waals surface area contributed by atoms with E-state index in [0.717, 1.165) is 0 Å². The lowest BCUT2D eigenvalue weighted by atomic mass is 10.2. The molecule has 0 heterocycles. The Morgan fingerprint density at radius 1 is 1.45 bits per heavy atom. The minimum absolute atomic E-state index is 0.318. The van der Waals surface area contributed by atoms with Gasteiger partial charge >= 0.3 is 0 Å². The summed E-state index contributed by atoms with van der Waals surface area (Å²) in [7, 11) is 0. The fourth-order valence-corrected chi connectivity index (χ4v) is 0.144. The van der Waals surface area contributed by atoms with E-state index in [1.807, 2.05) is 20.8 Å². The molecule has 11 heavy (non-hydrogen) atoms. The van der Waals surface area contributed by atoms with Gasteiger partial charge in [-0.15, -0.1) is 0 Å². The molecular formula is C7H16N2O2. The van der Waals surface area contributed by atoms with E-state index in [1.165, 1.54) is 6.21 Å². The highest BCUT2D eigenvalue weighted by Gasteiger charge is 2.07. The van der Waals surface area contributed by atoms with Gasteiger partial charge in [0.2, 0.25) is 0 Å². The van der Waals surface area contributed by atoms with Gasteiger partial charge in [0.1, 0.15) is 5.60 Å². The second-order valence-electron chi connectivity index (χ2n) is 2.73. The largest absolute Gasteiger partial charge is 0.462 e. The molecule has 0 atom stereocenters. The SMILES string of the molecule is CC(C)(C)OC=O.CC=NN. The molecule has 4 heteroatoms. The van der Waals surface area contributed by atoms with Crippen LogP contribution >= 0.6 is 0 Å². The van der Waals surface area contributed by atoms with Crippen LogP contribution in [0, 0.1) is 0 Å². The van der Waals surface area contributed by atoms with Crippen LogP contribution in [0.1, 0.15) is 27.7 Å². The first-order chi connectivity index (χ1) is 4.97. The first-order valence-corrected chi connectivity index (χ1v) is 3.27. The third-order valence-electron chi connectivity index (χ3n) is 0.551. The van der Waals surface area contributed by atoms with Crippen LogP contribution in [-0.2, 0) is 9.53 Å². The second-order valence-corrected chi connectivity index (χ2v) is 2.73. The van der Waals surface area contributed by atoms with Crippen LogP contribution in [0.4, 0.5) is 0 Å². The Bertz CT molecular complexity index is 112. The lowest BCUT2D eigenvalue weighted by molar-refractivity contribution is -0.138. The number of hydrazone groups is 1. The van der Waals surface area contributed by atoms with Gasteiger partial charge in [-0.1, -0.05) is 0 Å². The third kappa shape index (κ3) is 27.7. The van der Waals surface area contributed by atoms with E-state index in [4.69, 9.17) is 0 Å². The fraction of sp³-hybridized carbons (Fsp3) is 0.714. The summed E-state index contributed by atoms with van der Waals surface area (Å²) in [4.78, 5) is 9.60. The van der Waals surface area contributed by atoms with Crippen LogP contribution < -0.4 is 5.84 Å². The molecule has 0 aromatic carbocycles. The zero-order valence-corrected chi connectivity index (χ0v) is 7.50. The van der Waals surface area contributed by atoms with Gasteiger partial charge in [-0.05, 0) is 27.7 Å². The molecule has 0 unspecified atom stereocenters. The quantitative estimate of drug-likeness (QED) is 0.268. The van der Waals surface area contributed by atoms with Crippen molar-refractivity contribution in [2.45, 2.75) is 33.3 Å². The standard InChI is InChI=1S/C5H10O2.C2H6N2/c1-5(2,3)7-4-6;1-2-4-3/h4H,1-3H3;2H,3H2,1H3. The molecule has 0 aromatic rings. The van der Waals surface area contributed by atoms with Crippen LogP contribution in [0.2, 0.25) is 0 Å². The van der Waals surface area contributed by atoms with E-state index in [0.29, 0.717) is 6.47 Å². The molecule has 0 bridgehead atoms. The number of nitrogens with zero attached hydrogens (tertiary/aromatic N) is 1. The summed E-state index contributed by atoms with van der Waals surface area (Å²) >= 11 is 0.